The number of methoxy groups -OCH3 is 2. The van der Waals surface area contributed by atoms with Crippen LogP contribution in [0.15, 0.2) is 48.5 Å². The maximum atomic E-state index is 13.2. The zero-order valence-electron chi connectivity index (χ0n) is 16.9. The molecule has 3 heteroatoms. The average molecular weight is 379 g/mol. The van der Waals surface area contributed by atoms with Crippen LogP contribution in [0, 0.1) is 11.8 Å². The number of hydrogen-bond acceptors (Lipinski definition) is 3. The van der Waals surface area contributed by atoms with Crippen LogP contribution in [0.5, 0.6) is 11.5 Å². The molecular weight excluding hydrogens is 348 g/mol. The SMILES string of the molecule is COc1ccccc1[C@@H](CC(=O)C[C@H](c1ccccc1OC)C1CC1)C1CC1. The molecule has 0 aromatic heterocycles. The lowest BCUT2D eigenvalue weighted by molar-refractivity contribution is -0.120. The molecule has 0 spiro atoms. The van der Waals surface area contributed by atoms with Crippen molar-refractivity contribution in [1.29, 1.82) is 0 Å². The molecule has 2 aromatic carbocycles. The molecule has 0 bridgehead atoms. The fourth-order valence-electron chi connectivity index (χ4n) is 4.58. The third-order valence-corrected chi connectivity index (χ3v) is 6.35. The molecule has 0 aliphatic heterocycles. The van der Waals surface area contributed by atoms with Crippen molar-refractivity contribution in [3.63, 3.8) is 0 Å². The molecule has 2 fully saturated rings. The van der Waals surface area contributed by atoms with E-state index in [0.29, 0.717) is 30.5 Å². The Labute approximate surface area is 168 Å². The zero-order valence-corrected chi connectivity index (χ0v) is 16.9. The minimum Gasteiger partial charge on any atom is -0.496 e. The molecule has 2 aliphatic carbocycles. The molecule has 4 rings (SSSR count). The van der Waals surface area contributed by atoms with E-state index in [0.717, 1.165) is 11.5 Å². The first-order chi connectivity index (χ1) is 13.7. The van der Waals surface area contributed by atoms with Crippen molar-refractivity contribution >= 4 is 5.78 Å². The van der Waals surface area contributed by atoms with Crippen molar-refractivity contribution < 1.29 is 14.3 Å². The summed E-state index contributed by atoms with van der Waals surface area (Å²) in [6.07, 6.45) is 6.10. The summed E-state index contributed by atoms with van der Waals surface area (Å²) in [4.78, 5) is 13.2. The lowest BCUT2D eigenvalue weighted by Crippen LogP contribution is -2.15. The normalized spacial score (nSPS) is 18.4. The molecule has 2 aliphatic rings. The molecule has 2 saturated carbocycles. The minimum absolute atomic E-state index is 0.279. The number of carbonyl (C=O) groups is 1. The first-order valence-electron chi connectivity index (χ1n) is 10.5. The molecule has 0 radical (unpaired) electrons. The van der Waals surface area contributed by atoms with Gasteiger partial charge in [-0.15, -0.1) is 0 Å². The van der Waals surface area contributed by atoms with E-state index in [1.54, 1.807) is 14.2 Å². The van der Waals surface area contributed by atoms with Gasteiger partial charge in [0.25, 0.3) is 0 Å². The van der Waals surface area contributed by atoms with Gasteiger partial charge in [0.1, 0.15) is 17.3 Å². The van der Waals surface area contributed by atoms with E-state index in [1.807, 2.05) is 24.3 Å². The topological polar surface area (TPSA) is 35.5 Å². The number of ether oxygens (including phenoxy) is 2. The maximum absolute atomic E-state index is 13.2. The summed E-state index contributed by atoms with van der Waals surface area (Å²) in [5, 5.41) is 0. The molecule has 28 heavy (non-hydrogen) atoms. The Morgan fingerprint density at radius 3 is 1.54 bits per heavy atom. The van der Waals surface area contributed by atoms with Crippen LogP contribution in [-0.4, -0.2) is 20.0 Å². The number of benzene rings is 2. The highest BCUT2D eigenvalue weighted by Gasteiger charge is 2.38. The lowest BCUT2D eigenvalue weighted by atomic mass is 9.83. The minimum atomic E-state index is 0.279. The van der Waals surface area contributed by atoms with Gasteiger partial charge in [-0.05, 0) is 72.6 Å². The summed E-state index contributed by atoms with van der Waals surface area (Å²) in [5.41, 5.74) is 2.39. The second-order valence-corrected chi connectivity index (χ2v) is 8.32. The van der Waals surface area contributed by atoms with E-state index < -0.39 is 0 Å². The summed E-state index contributed by atoms with van der Waals surface area (Å²) in [6, 6.07) is 16.4. The maximum Gasteiger partial charge on any atom is 0.134 e. The Morgan fingerprint density at radius 1 is 0.786 bits per heavy atom. The highest BCUT2D eigenvalue weighted by molar-refractivity contribution is 5.80. The Bertz CT molecular complexity index is 753. The van der Waals surface area contributed by atoms with E-state index in [-0.39, 0.29) is 11.8 Å². The van der Waals surface area contributed by atoms with Crippen LogP contribution in [0.3, 0.4) is 0 Å². The second-order valence-electron chi connectivity index (χ2n) is 8.32. The van der Waals surface area contributed by atoms with Gasteiger partial charge in [-0.3, -0.25) is 4.79 Å². The highest BCUT2D eigenvalue weighted by atomic mass is 16.5. The largest absolute Gasteiger partial charge is 0.496 e. The fourth-order valence-corrected chi connectivity index (χ4v) is 4.58. The van der Waals surface area contributed by atoms with Crippen LogP contribution >= 0.6 is 0 Å². The van der Waals surface area contributed by atoms with Gasteiger partial charge >= 0.3 is 0 Å². The van der Waals surface area contributed by atoms with E-state index in [1.165, 1.54) is 36.8 Å². The standard InChI is InChI=1S/C25H30O3/c1-27-24-9-5-3-7-20(24)22(17-11-12-17)15-19(26)16-23(18-13-14-18)21-8-4-6-10-25(21)28-2/h3-10,17-18,22-23H,11-16H2,1-2H3/t22-,23-/m0/s1. The number of hydrogen-bond donors (Lipinski definition) is 0. The van der Waals surface area contributed by atoms with Gasteiger partial charge in [-0.25, -0.2) is 0 Å². The second kappa shape index (κ2) is 8.38. The number of rotatable bonds is 10. The van der Waals surface area contributed by atoms with Gasteiger partial charge in [0.2, 0.25) is 0 Å². The van der Waals surface area contributed by atoms with Crippen LogP contribution in [0.1, 0.15) is 61.5 Å². The molecule has 148 valence electrons. The predicted molar refractivity (Wildman–Crippen MR) is 111 cm³/mol. The summed E-state index contributed by atoms with van der Waals surface area (Å²) < 4.78 is 11.2. The van der Waals surface area contributed by atoms with Crippen LogP contribution in [-0.2, 0) is 4.79 Å². The van der Waals surface area contributed by atoms with Crippen molar-refractivity contribution in [3.05, 3.63) is 59.7 Å². The Hall–Kier alpha value is -2.29. The Kier molecular flexibility index (Phi) is 5.70. The molecule has 3 nitrogen and oxygen atoms in total. The first-order valence-corrected chi connectivity index (χ1v) is 10.5. The van der Waals surface area contributed by atoms with Gasteiger partial charge in [-0.2, -0.15) is 0 Å². The highest BCUT2D eigenvalue weighted by Crippen LogP contribution is 2.50. The molecule has 2 atom stereocenters. The molecule has 0 N–H and O–H groups in total. The van der Waals surface area contributed by atoms with Gasteiger partial charge in [0, 0.05) is 12.8 Å². The van der Waals surface area contributed by atoms with E-state index >= 15 is 0 Å². The Morgan fingerprint density at radius 2 is 1.18 bits per heavy atom. The predicted octanol–water partition coefficient (Wildman–Crippen LogP) is 5.74. The molecule has 2 aromatic rings. The smallest absolute Gasteiger partial charge is 0.134 e. The van der Waals surface area contributed by atoms with Crippen molar-refractivity contribution in [2.24, 2.45) is 11.8 Å². The van der Waals surface area contributed by atoms with Crippen LogP contribution in [0.4, 0.5) is 0 Å². The van der Waals surface area contributed by atoms with Crippen molar-refractivity contribution in [1.82, 2.24) is 0 Å². The van der Waals surface area contributed by atoms with Crippen molar-refractivity contribution in [3.8, 4) is 11.5 Å². The third-order valence-electron chi connectivity index (χ3n) is 6.35. The fraction of sp³-hybridized carbons (Fsp3) is 0.480. The zero-order chi connectivity index (χ0) is 19.5. The summed E-state index contributed by atoms with van der Waals surface area (Å²) in [7, 11) is 3.44. The average Bonchev–Trinajstić information content (AvgIpc) is 3.63. The van der Waals surface area contributed by atoms with Crippen LogP contribution in [0.2, 0.25) is 0 Å². The van der Waals surface area contributed by atoms with E-state index in [2.05, 4.69) is 24.3 Å². The van der Waals surface area contributed by atoms with Gasteiger partial charge in [0.05, 0.1) is 14.2 Å². The summed E-state index contributed by atoms with van der Waals surface area (Å²) in [5.74, 6) is 3.98. The third kappa shape index (κ3) is 4.24. The number of para-hydroxylation sites is 2. The van der Waals surface area contributed by atoms with Gasteiger partial charge < -0.3 is 9.47 Å². The molecule has 0 amide bonds. The molecule has 0 heterocycles. The van der Waals surface area contributed by atoms with Crippen LogP contribution < -0.4 is 9.47 Å². The van der Waals surface area contributed by atoms with E-state index in [4.69, 9.17) is 9.47 Å². The van der Waals surface area contributed by atoms with Crippen molar-refractivity contribution in [2.75, 3.05) is 14.2 Å². The van der Waals surface area contributed by atoms with Crippen LogP contribution in [0.25, 0.3) is 0 Å². The van der Waals surface area contributed by atoms with Gasteiger partial charge in [-0.1, -0.05) is 36.4 Å². The monoisotopic (exact) mass is 378 g/mol. The molecule has 0 unspecified atom stereocenters. The number of Topliss-reactive ketones (excluding diaryl/α,β-unsaturated/α-hetero) is 1. The van der Waals surface area contributed by atoms with Gasteiger partial charge in [0.15, 0.2) is 0 Å². The quantitative estimate of drug-likeness (QED) is 0.529. The lowest BCUT2D eigenvalue weighted by Gasteiger charge is -2.22. The number of carbonyl (C=O) groups excluding carboxylic acids is 1. The molecule has 0 saturated heterocycles. The Balaban J connectivity index is 1.51. The van der Waals surface area contributed by atoms with Crippen molar-refractivity contribution in [2.45, 2.75) is 50.4 Å². The number of ketones is 1. The summed E-state index contributed by atoms with van der Waals surface area (Å²) >= 11 is 0. The van der Waals surface area contributed by atoms with E-state index in [9.17, 15) is 4.79 Å². The summed E-state index contributed by atoms with van der Waals surface area (Å²) in [6.45, 7) is 0. The molecular formula is C25H30O3. The first kappa shape index (κ1) is 19.0.